The highest BCUT2D eigenvalue weighted by molar-refractivity contribution is 7.19. The van der Waals surface area contributed by atoms with Crippen molar-refractivity contribution in [3.8, 4) is 5.75 Å². The van der Waals surface area contributed by atoms with E-state index in [4.69, 9.17) is 9.72 Å². The lowest BCUT2D eigenvalue weighted by atomic mass is 10.1. The molecule has 0 amide bonds. The van der Waals surface area contributed by atoms with E-state index in [2.05, 4.69) is 67.6 Å². The van der Waals surface area contributed by atoms with Crippen LogP contribution in [0, 0.1) is 0 Å². The number of nitrogens with zero attached hydrogens (tertiary/aromatic N) is 1. The van der Waals surface area contributed by atoms with Gasteiger partial charge in [0.15, 0.2) is 0 Å². The van der Waals surface area contributed by atoms with Crippen molar-refractivity contribution < 1.29 is 4.74 Å². The minimum Gasteiger partial charge on any atom is -0.494 e. The van der Waals surface area contributed by atoms with Crippen LogP contribution in [0.5, 0.6) is 5.75 Å². The molecule has 130 valence electrons. The molecular formula is C23H21NOS. The molecule has 1 aromatic heterocycles. The van der Waals surface area contributed by atoms with Gasteiger partial charge in [-0.25, -0.2) is 4.98 Å². The van der Waals surface area contributed by atoms with E-state index in [1.54, 1.807) is 11.3 Å². The molecule has 0 radical (unpaired) electrons. The van der Waals surface area contributed by atoms with Crippen molar-refractivity contribution in [2.45, 2.75) is 19.8 Å². The lowest BCUT2D eigenvalue weighted by Crippen LogP contribution is -1.95. The molecule has 4 aromatic rings. The number of benzene rings is 3. The third kappa shape index (κ3) is 3.63. The zero-order valence-corrected chi connectivity index (χ0v) is 15.6. The van der Waals surface area contributed by atoms with Gasteiger partial charge in [0.25, 0.3) is 0 Å². The van der Waals surface area contributed by atoms with Crippen molar-refractivity contribution in [2.75, 3.05) is 6.61 Å². The second-order valence-corrected chi connectivity index (χ2v) is 7.35. The summed E-state index contributed by atoms with van der Waals surface area (Å²) in [6.07, 6.45) is 6.44. The monoisotopic (exact) mass is 359 g/mol. The molecule has 0 aliphatic rings. The van der Waals surface area contributed by atoms with E-state index in [-0.39, 0.29) is 0 Å². The highest BCUT2D eigenvalue weighted by Crippen LogP contribution is 2.30. The Bertz CT molecular complexity index is 1050. The van der Waals surface area contributed by atoms with Gasteiger partial charge in [-0.05, 0) is 41.6 Å². The van der Waals surface area contributed by atoms with Crippen LogP contribution in [-0.2, 0) is 0 Å². The summed E-state index contributed by atoms with van der Waals surface area (Å²) < 4.78 is 6.94. The van der Waals surface area contributed by atoms with E-state index >= 15 is 0 Å². The highest BCUT2D eigenvalue weighted by Gasteiger charge is 2.05. The first-order valence-corrected chi connectivity index (χ1v) is 9.84. The number of hydrogen-bond donors (Lipinski definition) is 0. The summed E-state index contributed by atoms with van der Waals surface area (Å²) in [5.74, 6) is 0.932. The predicted molar refractivity (Wildman–Crippen MR) is 113 cm³/mol. The third-order valence-electron chi connectivity index (χ3n) is 4.37. The number of thiazole rings is 1. The van der Waals surface area contributed by atoms with Crippen molar-refractivity contribution in [2.24, 2.45) is 0 Å². The average Bonchev–Trinajstić information content (AvgIpc) is 3.11. The Kier molecular flexibility index (Phi) is 4.98. The molecule has 0 fully saturated rings. The maximum absolute atomic E-state index is 5.71. The number of aromatic nitrogens is 1. The molecule has 2 nitrogen and oxygen atoms in total. The van der Waals surface area contributed by atoms with Crippen molar-refractivity contribution in [3.05, 3.63) is 71.2 Å². The number of ether oxygens (including phenoxy) is 1. The fourth-order valence-corrected chi connectivity index (χ4v) is 3.81. The molecule has 0 saturated carbocycles. The molecule has 0 N–H and O–H groups in total. The van der Waals surface area contributed by atoms with Gasteiger partial charge >= 0.3 is 0 Å². The lowest BCUT2D eigenvalue weighted by molar-refractivity contribution is 0.309. The predicted octanol–water partition coefficient (Wildman–Crippen LogP) is 6.80. The largest absolute Gasteiger partial charge is 0.494 e. The molecule has 0 saturated heterocycles. The quantitative estimate of drug-likeness (QED) is 0.353. The smallest absolute Gasteiger partial charge is 0.119 e. The SMILES string of the molecule is CCCCOc1ccc(C=Cc2nc3c(ccc4ccccc43)s2)cc1. The third-order valence-corrected chi connectivity index (χ3v) is 5.35. The normalized spacial score (nSPS) is 11.6. The van der Waals surface area contributed by atoms with Crippen LogP contribution in [0.15, 0.2) is 60.7 Å². The van der Waals surface area contributed by atoms with E-state index in [0.29, 0.717) is 0 Å². The van der Waals surface area contributed by atoms with E-state index in [9.17, 15) is 0 Å². The molecule has 0 bridgehead atoms. The molecule has 0 aliphatic carbocycles. The van der Waals surface area contributed by atoms with Crippen LogP contribution < -0.4 is 4.74 Å². The highest BCUT2D eigenvalue weighted by atomic mass is 32.1. The Morgan fingerprint density at radius 1 is 0.962 bits per heavy atom. The molecular weight excluding hydrogens is 338 g/mol. The van der Waals surface area contributed by atoms with Crippen molar-refractivity contribution in [1.29, 1.82) is 0 Å². The summed E-state index contributed by atoms with van der Waals surface area (Å²) in [4.78, 5) is 4.83. The lowest BCUT2D eigenvalue weighted by Gasteiger charge is -2.04. The molecule has 0 aliphatic heterocycles. The molecule has 0 spiro atoms. The van der Waals surface area contributed by atoms with Crippen LogP contribution >= 0.6 is 11.3 Å². The Balaban J connectivity index is 1.54. The topological polar surface area (TPSA) is 22.1 Å². The van der Waals surface area contributed by atoms with Gasteiger partial charge in [0.2, 0.25) is 0 Å². The van der Waals surface area contributed by atoms with Gasteiger partial charge in [-0.15, -0.1) is 11.3 Å². The standard InChI is InChI=1S/C23H21NOS/c1-2-3-16-25-19-12-8-17(9-13-19)10-15-22-24-23-20-7-5-4-6-18(20)11-14-21(23)26-22/h4-15H,2-3,16H2,1H3. The molecule has 3 heteroatoms. The molecule has 0 atom stereocenters. The molecule has 4 rings (SSSR count). The van der Waals surface area contributed by atoms with Crippen LogP contribution in [0.1, 0.15) is 30.3 Å². The minimum atomic E-state index is 0.783. The van der Waals surface area contributed by atoms with E-state index in [1.807, 2.05) is 12.1 Å². The summed E-state index contributed by atoms with van der Waals surface area (Å²) in [5.41, 5.74) is 2.24. The Morgan fingerprint density at radius 3 is 2.65 bits per heavy atom. The first-order chi connectivity index (χ1) is 12.8. The summed E-state index contributed by atoms with van der Waals surface area (Å²) in [7, 11) is 0. The Morgan fingerprint density at radius 2 is 1.81 bits per heavy atom. The van der Waals surface area contributed by atoms with E-state index < -0.39 is 0 Å². The van der Waals surface area contributed by atoms with Crippen molar-refractivity contribution in [1.82, 2.24) is 4.98 Å². The first-order valence-electron chi connectivity index (χ1n) is 9.03. The summed E-state index contributed by atoms with van der Waals surface area (Å²) in [6.45, 7) is 2.95. The van der Waals surface area contributed by atoms with Crippen LogP contribution in [-0.4, -0.2) is 11.6 Å². The maximum atomic E-state index is 5.71. The summed E-state index contributed by atoms with van der Waals surface area (Å²) >= 11 is 1.73. The second kappa shape index (κ2) is 7.71. The van der Waals surface area contributed by atoms with Gasteiger partial charge in [-0.2, -0.15) is 0 Å². The average molecular weight is 359 g/mol. The Labute approximate surface area is 157 Å². The molecule has 26 heavy (non-hydrogen) atoms. The van der Waals surface area contributed by atoms with E-state index in [0.717, 1.165) is 41.3 Å². The van der Waals surface area contributed by atoms with Gasteiger partial charge in [0, 0.05) is 5.39 Å². The van der Waals surface area contributed by atoms with Crippen molar-refractivity contribution in [3.63, 3.8) is 0 Å². The molecule has 1 heterocycles. The number of hydrogen-bond acceptors (Lipinski definition) is 3. The number of fused-ring (bicyclic) bond motifs is 3. The fraction of sp³-hybridized carbons (Fsp3) is 0.174. The van der Waals surface area contributed by atoms with Crippen LogP contribution in [0.2, 0.25) is 0 Å². The van der Waals surface area contributed by atoms with Crippen LogP contribution in [0.3, 0.4) is 0 Å². The maximum Gasteiger partial charge on any atom is 0.119 e. The van der Waals surface area contributed by atoms with Crippen LogP contribution in [0.4, 0.5) is 0 Å². The number of rotatable bonds is 6. The van der Waals surface area contributed by atoms with Gasteiger partial charge in [0.05, 0.1) is 16.8 Å². The van der Waals surface area contributed by atoms with Gasteiger partial charge < -0.3 is 4.74 Å². The summed E-state index contributed by atoms with van der Waals surface area (Å²) in [5, 5.41) is 3.48. The first kappa shape index (κ1) is 16.8. The molecule has 3 aromatic carbocycles. The van der Waals surface area contributed by atoms with Crippen LogP contribution in [0.25, 0.3) is 33.1 Å². The molecule has 0 unspecified atom stereocenters. The summed E-state index contributed by atoms with van der Waals surface area (Å²) in [6, 6.07) is 21.0. The fourth-order valence-electron chi connectivity index (χ4n) is 2.93. The minimum absolute atomic E-state index is 0.783. The van der Waals surface area contributed by atoms with Gasteiger partial charge in [-0.1, -0.05) is 61.9 Å². The van der Waals surface area contributed by atoms with Gasteiger partial charge in [0.1, 0.15) is 10.8 Å². The number of unbranched alkanes of at least 4 members (excludes halogenated alkanes) is 1. The van der Waals surface area contributed by atoms with E-state index in [1.165, 1.54) is 15.5 Å². The zero-order valence-electron chi connectivity index (χ0n) is 14.8. The van der Waals surface area contributed by atoms with Crippen molar-refractivity contribution >= 4 is 44.5 Å². The Hall–Kier alpha value is -2.65. The second-order valence-electron chi connectivity index (χ2n) is 6.29. The zero-order chi connectivity index (χ0) is 17.8. The van der Waals surface area contributed by atoms with Gasteiger partial charge in [-0.3, -0.25) is 0 Å².